The van der Waals surface area contributed by atoms with E-state index in [0.29, 0.717) is 11.6 Å². The monoisotopic (exact) mass is 290 g/mol. The maximum atomic E-state index is 11.9. The molecule has 5 nitrogen and oxygen atoms in total. The van der Waals surface area contributed by atoms with Gasteiger partial charge in [0.25, 0.3) is 5.91 Å². The van der Waals surface area contributed by atoms with Gasteiger partial charge in [0.15, 0.2) is 0 Å². The molecule has 6 heteroatoms. The number of benzene rings is 1. The van der Waals surface area contributed by atoms with E-state index >= 15 is 0 Å². The van der Waals surface area contributed by atoms with Crippen molar-refractivity contribution in [2.75, 3.05) is 0 Å². The fourth-order valence-corrected chi connectivity index (χ4v) is 1.81. The zero-order valence-electron chi connectivity index (χ0n) is 10.3. The number of carboxylic acid groups (broad SMARTS) is 1. The number of aromatic nitrogens is 1. The predicted molar refractivity (Wildman–Crippen MR) is 73.8 cm³/mol. The molecule has 0 fully saturated rings. The molecule has 2 N–H and O–H groups in total. The molecule has 0 aliphatic rings. The number of amides is 1. The number of hydrogen-bond donors (Lipinski definition) is 2. The van der Waals surface area contributed by atoms with E-state index in [2.05, 4.69) is 10.3 Å². The van der Waals surface area contributed by atoms with Gasteiger partial charge in [-0.3, -0.25) is 4.79 Å². The average Bonchev–Trinajstić information content (AvgIpc) is 2.45. The average molecular weight is 291 g/mol. The van der Waals surface area contributed by atoms with Crippen LogP contribution in [0.15, 0.2) is 42.5 Å². The van der Waals surface area contributed by atoms with Gasteiger partial charge in [0.05, 0.1) is 0 Å². The van der Waals surface area contributed by atoms with Crippen LogP contribution < -0.4 is 5.32 Å². The number of carbonyl (C=O) groups is 2. The van der Waals surface area contributed by atoms with Crippen LogP contribution in [0.2, 0.25) is 5.02 Å². The van der Waals surface area contributed by atoms with Gasteiger partial charge in [-0.1, -0.05) is 29.8 Å². The number of halogens is 1. The molecule has 2 aromatic rings. The zero-order chi connectivity index (χ0) is 14.5. The number of nitrogens with one attached hydrogen (secondary N) is 1. The van der Waals surface area contributed by atoms with Crippen molar-refractivity contribution in [3.05, 3.63) is 64.4 Å². The minimum Gasteiger partial charge on any atom is -0.477 e. The Kier molecular flexibility index (Phi) is 4.32. The minimum atomic E-state index is -1.17. The van der Waals surface area contributed by atoms with Gasteiger partial charge < -0.3 is 10.4 Å². The van der Waals surface area contributed by atoms with Gasteiger partial charge in [-0.2, -0.15) is 0 Å². The van der Waals surface area contributed by atoms with Gasteiger partial charge in [-0.25, -0.2) is 9.78 Å². The van der Waals surface area contributed by atoms with Gasteiger partial charge in [0.1, 0.15) is 11.4 Å². The molecule has 0 spiro atoms. The molecule has 0 aliphatic heterocycles. The maximum Gasteiger partial charge on any atom is 0.354 e. The van der Waals surface area contributed by atoms with Crippen molar-refractivity contribution >= 4 is 23.5 Å². The molecule has 1 aromatic carbocycles. The van der Waals surface area contributed by atoms with Crippen molar-refractivity contribution < 1.29 is 14.7 Å². The maximum absolute atomic E-state index is 11.9. The van der Waals surface area contributed by atoms with Crippen molar-refractivity contribution in [2.45, 2.75) is 6.54 Å². The van der Waals surface area contributed by atoms with Crippen molar-refractivity contribution in [3.8, 4) is 0 Å². The Morgan fingerprint density at radius 3 is 2.55 bits per heavy atom. The Balaban J connectivity index is 2.05. The fraction of sp³-hybridized carbons (Fsp3) is 0.0714. The first-order chi connectivity index (χ1) is 9.56. The molecule has 20 heavy (non-hydrogen) atoms. The number of hydrogen-bond acceptors (Lipinski definition) is 3. The highest BCUT2D eigenvalue weighted by Gasteiger charge is 2.10. The lowest BCUT2D eigenvalue weighted by atomic mass is 10.2. The highest BCUT2D eigenvalue weighted by Crippen LogP contribution is 2.10. The molecular weight excluding hydrogens is 280 g/mol. The van der Waals surface area contributed by atoms with Crippen LogP contribution in [0.4, 0.5) is 0 Å². The summed E-state index contributed by atoms with van der Waals surface area (Å²) in [6, 6.07) is 11.4. The Labute approximate surface area is 120 Å². The van der Waals surface area contributed by atoms with E-state index in [0.717, 1.165) is 5.56 Å². The third-order valence-corrected chi connectivity index (χ3v) is 2.78. The van der Waals surface area contributed by atoms with Crippen molar-refractivity contribution in [1.82, 2.24) is 10.3 Å². The fourth-order valence-electron chi connectivity index (χ4n) is 1.60. The van der Waals surface area contributed by atoms with Crippen LogP contribution in [0.25, 0.3) is 0 Å². The minimum absolute atomic E-state index is 0.0620. The molecule has 0 saturated heterocycles. The van der Waals surface area contributed by atoms with Crippen LogP contribution in [-0.2, 0) is 6.54 Å². The smallest absolute Gasteiger partial charge is 0.354 e. The lowest BCUT2D eigenvalue weighted by Crippen LogP contribution is -2.24. The van der Waals surface area contributed by atoms with E-state index in [4.69, 9.17) is 16.7 Å². The summed E-state index contributed by atoms with van der Waals surface area (Å²) in [5.41, 5.74) is 0.743. The molecule has 0 unspecified atom stereocenters. The lowest BCUT2D eigenvalue weighted by molar-refractivity contribution is 0.0690. The predicted octanol–water partition coefficient (Wildman–Crippen LogP) is 2.36. The molecule has 1 aromatic heterocycles. The molecule has 1 amide bonds. The second-order valence-corrected chi connectivity index (χ2v) is 4.46. The van der Waals surface area contributed by atoms with Crippen molar-refractivity contribution in [2.24, 2.45) is 0 Å². The Morgan fingerprint density at radius 2 is 1.85 bits per heavy atom. The first-order valence-electron chi connectivity index (χ1n) is 5.79. The van der Waals surface area contributed by atoms with Crippen molar-refractivity contribution in [3.63, 3.8) is 0 Å². The summed E-state index contributed by atoms with van der Waals surface area (Å²) in [5.74, 6) is -1.61. The van der Waals surface area contributed by atoms with E-state index in [1.165, 1.54) is 18.2 Å². The van der Waals surface area contributed by atoms with Gasteiger partial charge in [-0.15, -0.1) is 0 Å². The quantitative estimate of drug-likeness (QED) is 0.906. The summed E-state index contributed by atoms with van der Waals surface area (Å²) in [4.78, 5) is 26.4. The second-order valence-electron chi connectivity index (χ2n) is 4.03. The summed E-state index contributed by atoms with van der Waals surface area (Å²) in [5, 5.41) is 12.1. The summed E-state index contributed by atoms with van der Waals surface area (Å²) < 4.78 is 0. The molecule has 1 heterocycles. The summed E-state index contributed by atoms with van der Waals surface area (Å²) >= 11 is 5.84. The van der Waals surface area contributed by atoms with Crippen LogP contribution in [-0.4, -0.2) is 22.0 Å². The normalized spacial score (nSPS) is 10.1. The molecule has 0 saturated carbocycles. The van der Waals surface area contributed by atoms with E-state index < -0.39 is 11.9 Å². The molecule has 0 atom stereocenters. The second kappa shape index (κ2) is 6.16. The van der Waals surface area contributed by atoms with Crippen LogP contribution >= 0.6 is 11.6 Å². The summed E-state index contributed by atoms with van der Waals surface area (Å²) in [7, 11) is 0. The zero-order valence-corrected chi connectivity index (χ0v) is 11.1. The number of carboxylic acids is 1. The van der Waals surface area contributed by atoms with Gasteiger partial charge in [-0.05, 0) is 29.8 Å². The standard InChI is InChI=1S/C14H11ClN2O3/c15-10-4-1-3-9(7-10)8-16-13(18)11-5-2-6-12(17-11)14(19)20/h1-7H,8H2,(H,16,18)(H,19,20). The van der Waals surface area contributed by atoms with E-state index in [9.17, 15) is 9.59 Å². The highest BCUT2D eigenvalue weighted by atomic mass is 35.5. The summed E-state index contributed by atoms with van der Waals surface area (Å²) in [6.45, 7) is 0.290. The number of aromatic carboxylic acids is 1. The van der Waals surface area contributed by atoms with E-state index in [-0.39, 0.29) is 11.4 Å². The number of pyridine rings is 1. The third-order valence-electron chi connectivity index (χ3n) is 2.54. The van der Waals surface area contributed by atoms with Crippen LogP contribution in [0.5, 0.6) is 0 Å². The first kappa shape index (κ1) is 14.0. The van der Waals surface area contributed by atoms with Crippen LogP contribution in [0, 0.1) is 0 Å². The van der Waals surface area contributed by atoms with Gasteiger partial charge in [0.2, 0.25) is 0 Å². The van der Waals surface area contributed by atoms with E-state index in [1.54, 1.807) is 18.2 Å². The van der Waals surface area contributed by atoms with E-state index in [1.807, 2.05) is 6.07 Å². The number of carbonyl (C=O) groups excluding carboxylic acids is 1. The third kappa shape index (κ3) is 3.55. The van der Waals surface area contributed by atoms with Crippen LogP contribution in [0.3, 0.4) is 0 Å². The topological polar surface area (TPSA) is 79.3 Å². The molecule has 0 radical (unpaired) electrons. The molecule has 0 bridgehead atoms. The van der Waals surface area contributed by atoms with Crippen molar-refractivity contribution in [1.29, 1.82) is 0 Å². The molecular formula is C14H11ClN2O3. The van der Waals surface area contributed by atoms with Gasteiger partial charge >= 0.3 is 5.97 Å². The van der Waals surface area contributed by atoms with Crippen LogP contribution in [0.1, 0.15) is 26.5 Å². The molecule has 2 rings (SSSR count). The lowest BCUT2D eigenvalue weighted by Gasteiger charge is -2.05. The summed E-state index contributed by atoms with van der Waals surface area (Å²) in [6.07, 6.45) is 0. The number of rotatable bonds is 4. The Morgan fingerprint density at radius 1 is 1.15 bits per heavy atom. The van der Waals surface area contributed by atoms with Gasteiger partial charge in [0, 0.05) is 11.6 Å². The Hall–Kier alpha value is -2.40. The number of nitrogens with zero attached hydrogens (tertiary/aromatic N) is 1. The molecule has 0 aliphatic carbocycles. The highest BCUT2D eigenvalue weighted by molar-refractivity contribution is 6.30. The molecule has 102 valence electrons. The SMILES string of the molecule is O=C(O)c1cccc(C(=O)NCc2cccc(Cl)c2)n1. The first-order valence-corrected chi connectivity index (χ1v) is 6.17. The largest absolute Gasteiger partial charge is 0.477 e. The Bertz CT molecular complexity index is 658.